The number of methoxy groups -OCH3 is 1. The Hall–Kier alpha value is -2.18. The van der Waals surface area contributed by atoms with Crippen LogP contribution in [0, 0.1) is 0 Å². The van der Waals surface area contributed by atoms with Crippen LogP contribution in [-0.2, 0) is 11.3 Å². The van der Waals surface area contributed by atoms with Crippen LogP contribution in [0.15, 0.2) is 12.5 Å². The third kappa shape index (κ3) is 2.55. The molecule has 7 nitrogen and oxygen atoms in total. The molecule has 0 aliphatic heterocycles. The number of hydrogen-bond donors (Lipinski definition) is 0. The zero-order chi connectivity index (χ0) is 15.0. The molecule has 2 aromatic heterocycles. The lowest BCUT2D eigenvalue weighted by Gasteiger charge is -2.11. The highest BCUT2D eigenvalue weighted by Gasteiger charge is 2.27. The molecule has 2 aromatic rings. The third-order valence-corrected chi connectivity index (χ3v) is 3.70. The molecule has 0 saturated heterocycles. The van der Waals surface area contributed by atoms with Crippen LogP contribution in [0.5, 0.6) is 0 Å². The van der Waals surface area contributed by atoms with E-state index in [1.54, 1.807) is 4.68 Å². The molecule has 7 heteroatoms. The molecule has 2 heterocycles. The monoisotopic (exact) mass is 289 g/mol. The topological polar surface area (TPSA) is 74.8 Å². The fourth-order valence-electron chi connectivity index (χ4n) is 2.54. The van der Waals surface area contributed by atoms with E-state index in [1.165, 1.54) is 20.0 Å². The van der Waals surface area contributed by atoms with E-state index in [-0.39, 0.29) is 5.92 Å². The van der Waals surface area contributed by atoms with Crippen molar-refractivity contribution < 1.29 is 9.53 Å². The van der Waals surface area contributed by atoms with Gasteiger partial charge in [-0.05, 0) is 18.8 Å². The SMILES string of the molecule is COC(=O)c1nnn(Cc2cncn2C2CC2)c1C(C)C. The highest BCUT2D eigenvalue weighted by Crippen LogP contribution is 2.35. The van der Waals surface area contributed by atoms with Crippen LogP contribution >= 0.6 is 0 Å². The predicted octanol–water partition coefficient (Wildman–Crippen LogP) is 1.77. The maximum Gasteiger partial charge on any atom is 0.360 e. The van der Waals surface area contributed by atoms with Crippen LogP contribution < -0.4 is 0 Å². The van der Waals surface area contributed by atoms with Gasteiger partial charge in [-0.15, -0.1) is 5.10 Å². The molecule has 0 aromatic carbocycles. The Morgan fingerprint density at radius 3 is 2.86 bits per heavy atom. The first-order valence-corrected chi connectivity index (χ1v) is 7.14. The molecule has 0 radical (unpaired) electrons. The van der Waals surface area contributed by atoms with E-state index in [0.717, 1.165) is 11.4 Å². The van der Waals surface area contributed by atoms with Crippen molar-refractivity contribution in [2.45, 2.75) is 45.2 Å². The average molecular weight is 289 g/mol. The van der Waals surface area contributed by atoms with Crippen molar-refractivity contribution in [2.75, 3.05) is 7.11 Å². The Balaban J connectivity index is 1.93. The van der Waals surface area contributed by atoms with E-state index < -0.39 is 5.97 Å². The summed E-state index contributed by atoms with van der Waals surface area (Å²) >= 11 is 0. The molecule has 21 heavy (non-hydrogen) atoms. The highest BCUT2D eigenvalue weighted by atomic mass is 16.5. The largest absolute Gasteiger partial charge is 0.464 e. The van der Waals surface area contributed by atoms with E-state index in [9.17, 15) is 4.79 Å². The molecule has 1 aliphatic carbocycles. The van der Waals surface area contributed by atoms with Gasteiger partial charge in [-0.2, -0.15) is 0 Å². The minimum absolute atomic E-state index is 0.131. The Labute approximate surface area is 122 Å². The van der Waals surface area contributed by atoms with Crippen LogP contribution in [0.4, 0.5) is 0 Å². The lowest BCUT2D eigenvalue weighted by molar-refractivity contribution is 0.0592. The molecule has 3 rings (SSSR count). The number of rotatable bonds is 5. The van der Waals surface area contributed by atoms with Gasteiger partial charge in [0.15, 0.2) is 5.69 Å². The van der Waals surface area contributed by atoms with E-state index in [0.29, 0.717) is 18.3 Å². The molecule has 0 unspecified atom stereocenters. The summed E-state index contributed by atoms with van der Waals surface area (Å²) in [7, 11) is 1.35. The van der Waals surface area contributed by atoms with Crippen molar-refractivity contribution in [3.63, 3.8) is 0 Å². The van der Waals surface area contributed by atoms with E-state index in [4.69, 9.17) is 4.74 Å². The van der Waals surface area contributed by atoms with Crippen molar-refractivity contribution in [1.82, 2.24) is 24.5 Å². The summed E-state index contributed by atoms with van der Waals surface area (Å²) in [5, 5.41) is 8.11. The number of esters is 1. The second-order valence-corrected chi connectivity index (χ2v) is 5.65. The van der Waals surface area contributed by atoms with Crippen molar-refractivity contribution in [3.05, 3.63) is 29.6 Å². The molecule has 0 N–H and O–H groups in total. The van der Waals surface area contributed by atoms with Gasteiger partial charge in [0.1, 0.15) is 0 Å². The summed E-state index contributed by atoms with van der Waals surface area (Å²) in [5.41, 5.74) is 2.18. The Morgan fingerprint density at radius 2 is 2.24 bits per heavy atom. The third-order valence-electron chi connectivity index (χ3n) is 3.70. The normalized spacial score (nSPS) is 14.7. The summed E-state index contributed by atoms with van der Waals surface area (Å²) in [4.78, 5) is 16.0. The van der Waals surface area contributed by atoms with Crippen molar-refractivity contribution in [3.8, 4) is 0 Å². The maximum absolute atomic E-state index is 11.8. The maximum atomic E-state index is 11.8. The summed E-state index contributed by atoms with van der Waals surface area (Å²) in [6.45, 7) is 4.59. The molecule has 0 spiro atoms. The lowest BCUT2D eigenvalue weighted by Crippen LogP contribution is -2.13. The van der Waals surface area contributed by atoms with Crippen LogP contribution in [0.25, 0.3) is 0 Å². The average Bonchev–Trinajstić information content (AvgIpc) is 3.05. The molecule has 0 atom stereocenters. The number of nitrogens with zero attached hydrogens (tertiary/aromatic N) is 5. The van der Waals surface area contributed by atoms with E-state index in [2.05, 4.69) is 19.9 Å². The van der Waals surface area contributed by atoms with Crippen molar-refractivity contribution in [1.29, 1.82) is 0 Å². The molecule has 1 fully saturated rings. The number of imidazole rings is 1. The van der Waals surface area contributed by atoms with Gasteiger partial charge >= 0.3 is 5.97 Å². The number of hydrogen-bond acceptors (Lipinski definition) is 5. The van der Waals surface area contributed by atoms with E-state index in [1.807, 2.05) is 26.4 Å². The van der Waals surface area contributed by atoms with Gasteiger partial charge in [0.05, 0.1) is 37.6 Å². The Kier molecular flexibility index (Phi) is 3.48. The van der Waals surface area contributed by atoms with Crippen molar-refractivity contribution >= 4 is 5.97 Å². The van der Waals surface area contributed by atoms with Gasteiger partial charge in [0.25, 0.3) is 0 Å². The lowest BCUT2D eigenvalue weighted by atomic mass is 10.1. The van der Waals surface area contributed by atoms with Gasteiger partial charge in [0.2, 0.25) is 0 Å². The molecule has 0 amide bonds. The first kappa shape index (κ1) is 13.8. The number of aromatic nitrogens is 5. The Bertz CT molecular complexity index is 654. The quantitative estimate of drug-likeness (QED) is 0.784. The van der Waals surface area contributed by atoms with Crippen LogP contribution in [0.1, 0.15) is 60.5 Å². The van der Waals surface area contributed by atoms with Gasteiger partial charge in [-0.3, -0.25) is 0 Å². The van der Waals surface area contributed by atoms with Crippen LogP contribution in [0.3, 0.4) is 0 Å². The molecule has 112 valence electrons. The summed E-state index contributed by atoms with van der Waals surface area (Å²) in [5.74, 6) is -0.313. The van der Waals surface area contributed by atoms with Gasteiger partial charge in [-0.1, -0.05) is 19.1 Å². The first-order chi connectivity index (χ1) is 10.1. The summed E-state index contributed by atoms with van der Waals surface area (Å²) in [6.07, 6.45) is 6.11. The van der Waals surface area contributed by atoms with Gasteiger partial charge < -0.3 is 9.30 Å². The first-order valence-electron chi connectivity index (χ1n) is 7.14. The number of carbonyl (C=O) groups excluding carboxylic acids is 1. The molecular formula is C14H19N5O2. The second-order valence-electron chi connectivity index (χ2n) is 5.65. The van der Waals surface area contributed by atoms with Crippen LogP contribution in [0.2, 0.25) is 0 Å². The smallest absolute Gasteiger partial charge is 0.360 e. The minimum Gasteiger partial charge on any atom is -0.464 e. The molecular weight excluding hydrogens is 270 g/mol. The predicted molar refractivity (Wildman–Crippen MR) is 75.1 cm³/mol. The number of carbonyl (C=O) groups is 1. The van der Waals surface area contributed by atoms with Gasteiger partial charge in [0, 0.05) is 6.04 Å². The van der Waals surface area contributed by atoms with Crippen molar-refractivity contribution in [2.24, 2.45) is 0 Å². The minimum atomic E-state index is -0.444. The molecule has 1 aliphatic rings. The fraction of sp³-hybridized carbons (Fsp3) is 0.571. The standard InChI is InChI=1S/C14H19N5O2/c1-9(2)13-12(14(20)21-3)16-17-19(13)7-11-6-15-8-18(11)10-4-5-10/h6,8-10H,4-5,7H2,1-3H3. The summed E-state index contributed by atoms with van der Waals surface area (Å²) in [6, 6.07) is 0.564. The van der Waals surface area contributed by atoms with E-state index >= 15 is 0 Å². The fourth-order valence-corrected chi connectivity index (χ4v) is 2.54. The van der Waals surface area contributed by atoms with Gasteiger partial charge in [-0.25, -0.2) is 14.5 Å². The zero-order valence-corrected chi connectivity index (χ0v) is 12.5. The van der Waals surface area contributed by atoms with Crippen LogP contribution in [-0.4, -0.2) is 37.6 Å². The highest BCUT2D eigenvalue weighted by molar-refractivity contribution is 5.88. The Morgan fingerprint density at radius 1 is 1.48 bits per heavy atom. The molecule has 1 saturated carbocycles. The number of ether oxygens (including phenoxy) is 1. The second kappa shape index (κ2) is 5.31. The summed E-state index contributed by atoms with van der Waals surface area (Å²) < 4.78 is 8.73. The molecule has 0 bridgehead atoms. The zero-order valence-electron chi connectivity index (χ0n) is 12.5.